The monoisotopic (exact) mass is 384 g/mol. The number of urea groups is 1. The summed E-state index contributed by atoms with van der Waals surface area (Å²) >= 11 is 0. The molecular weight excluding hydrogens is 356 g/mol. The maximum Gasteiger partial charge on any atom is 0.317 e. The van der Waals surface area contributed by atoms with E-state index in [1.54, 1.807) is 6.20 Å². The third-order valence-electron chi connectivity index (χ3n) is 5.25. The molecule has 0 unspecified atom stereocenters. The van der Waals surface area contributed by atoms with Crippen molar-refractivity contribution in [3.05, 3.63) is 24.2 Å². The minimum absolute atomic E-state index is 0.0209. The molecule has 1 aliphatic carbocycles. The first-order valence-electron chi connectivity index (χ1n) is 10.2. The topological polar surface area (TPSA) is 87.4 Å². The van der Waals surface area contributed by atoms with E-state index in [9.17, 15) is 4.79 Å². The second-order valence-corrected chi connectivity index (χ2v) is 7.98. The lowest BCUT2D eigenvalue weighted by Crippen LogP contribution is -2.52. The minimum Gasteiger partial charge on any atom is -0.420 e. The van der Waals surface area contributed by atoms with Crippen LogP contribution in [0.4, 0.5) is 10.6 Å². The standard InChI is InChI=1S/C20H28N6O2/c1-14(2)7-9-22-20(27)26-12-10-25(11-13-26)17-16(4-3-8-21-17)19-24-23-18(28-19)15-5-6-15/h3-4,8,14-15H,5-7,9-13H2,1-2H3,(H,22,27). The Balaban J connectivity index is 1.39. The van der Waals surface area contributed by atoms with Crippen LogP contribution in [0.15, 0.2) is 22.7 Å². The van der Waals surface area contributed by atoms with Crippen LogP contribution in [-0.2, 0) is 0 Å². The minimum atomic E-state index is 0.0209. The van der Waals surface area contributed by atoms with E-state index < -0.39 is 0 Å². The van der Waals surface area contributed by atoms with Gasteiger partial charge in [-0.15, -0.1) is 10.2 Å². The number of aromatic nitrogens is 3. The van der Waals surface area contributed by atoms with Gasteiger partial charge in [-0.3, -0.25) is 0 Å². The number of carbonyl (C=O) groups is 1. The van der Waals surface area contributed by atoms with E-state index in [2.05, 4.69) is 39.2 Å². The number of anilines is 1. The lowest BCUT2D eigenvalue weighted by atomic mass is 10.1. The van der Waals surface area contributed by atoms with Crippen LogP contribution in [0.1, 0.15) is 44.9 Å². The summed E-state index contributed by atoms with van der Waals surface area (Å²) in [6, 6.07) is 3.88. The number of rotatable bonds is 6. The number of nitrogens with zero attached hydrogens (tertiary/aromatic N) is 5. The second-order valence-electron chi connectivity index (χ2n) is 7.98. The van der Waals surface area contributed by atoms with Gasteiger partial charge in [-0.25, -0.2) is 9.78 Å². The van der Waals surface area contributed by atoms with Crippen molar-refractivity contribution in [3.8, 4) is 11.5 Å². The molecule has 28 heavy (non-hydrogen) atoms. The molecule has 3 heterocycles. The van der Waals surface area contributed by atoms with Gasteiger partial charge in [-0.2, -0.15) is 0 Å². The molecule has 8 nitrogen and oxygen atoms in total. The molecule has 2 aliphatic rings. The molecule has 0 bridgehead atoms. The molecule has 0 aromatic carbocycles. The van der Waals surface area contributed by atoms with E-state index in [-0.39, 0.29) is 6.03 Å². The van der Waals surface area contributed by atoms with Crippen LogP contribution in [0.3, 0.4) is 0 Å². The van der Waals surface area contributed by atoms with Gasteiger partial charge in [0.2, 0.25) is 5.89 Å². The van der Waals surface area contributed by atoms with Gasteiger partial charge in [-0.05, 0) is 37.3 Å². The number of nitrogens with one attached hydrogen (secondary N) is 1. The van der Waals surface area contributed by atoms with Crippen LogP contribution in [0.25, 0.3) is 11.5 Å². The van der Waals surface area contributed by atoms with Crippen molar-refractivity contribution in [1.82, 2.24) is 25.4 Å². The number of hydrogen-bond donors (Lipinski definition) is 1. The molecule has 1 saturated carbocycles. The highest BCUT2D eigenvalue weighted by atomic mass is 16.4. The maximum absolute atomic E-state index is 12.3. The van der Waals surface area contributed by atoms with E-state index in [4.69, 9.17) is 4.42 Å². The number of hydrogen-bond acceptors (Lipinski definition) is 6. The largest absolute Gasteiger partial charge is 0.420 e. The van der Waals surface area contributed by atoms with Crippen LogP contribution in [0.2, 0.25) is 0 Å². The van der Waals surface area contributed by atoms with E-state index in [1.165, 1.54) is 0 Å². The quantitative estimate of drug-likeness (QED) is 0.824. The summed E-state index contributed by atoms with van der Waals surface area (Å²) < 4.78 is 5.88. The van der Waals surface area contributed by atoms with E-state index >= 15 is 0 Å². The summed E-state index contributed by atoms with van der Waals surface area (Å²) in [5.74, 6) is 3.11. The van der Waals surface area contributed by atoms with Crippen molar-refractivity contribution in [3.63, 3.8) is 0 Å². The third-order valence-corrected chi connectivity index (χ3v) is 5.25. The Bertz CT molecular complexity index is 809. The lowest BCUT2D eigenvalue weighted by Gasteiger charge is -2.35. The van der Waals surface area contributed by atoms with Crippen LogP contribution < -0.4 is 10.2 Å². The highest BCUT2D eigenvalue weighted by molar-refractivity contribution is 5.75. The molecule has 1 N–H and O–H groups in total. The summed E-state index contributed by atoms with van der Waals surface area (Å²) in [6.45, 7) is 7.83. The average molecular weight is 384 g/mol. The van der Waals surface area contributed by atoms with Crippen molar-refractivity contribution in [2.75, 3.05) is 37.6 Å². The van der Waals surface area contributed by atoms with Crippen LogP contribution in [0.5, 0.6) is 0 Å². The Morgan fingerprint density at radius 1 is 1.25 bits per heavy atom. The van der Waals surface area contributed by atoms with Crippen molar-refractivity contribution >= 4 is 11.8 Å². The van der Waals surface area contributed by atoms with Gasteiger partial charge in [0.1, 0.15) is 5.82 Å². The Morgan fingerprint density at radius 3 is 2.75 bits per heavy atom. The molecule has 2 fully saturated rings. The summed E-state index contributed by atoms with van der Waals surface area (Å²) in [5, 5.41) is 11.4. The smallest absolute Gasteiger partial charge is 0.317 e. The predicted octanol–water partition coefficient (Wildman–Crippen LogP) is 2.89. The molecule has 2 aromatic heterocycles. The first-order chi connectivity index (χ1) is 13.6. The zero-order chi connectivity index (χ0) is 19.5. The Morgan fingerprint density at radius 2 is 2.04 bits per heavy atom. The molecule has 4 rings (SSSR count). The van der Waals surface area contributed by atoms with E-state index in [0.29, 0.717) is 30.8 Å². The second kappa shape index (κ2) is 8.16. The SMILES string of the molecule is CC(C)CCNC(=O)N1CCN(c2ncccc2-c2nnc(C3CC3)o2)CC1. The summed E-state index contributed by atoms with van der Waals surface area (Å²) in [7, 11) is 0. The van der Waals surface area contributed by atoms with Crippen LogP contribution in [0, 0.1) is 5.92 Å². The molecule has 1 saturated heterocycles. The fourth-order valence-corrected chi connectivity index (χ4v) is 3.36. The van der Waals surface area contributed by atoms with Crippen LogP contribution >= 0.6 is 0 Å². The summed E-state index contributed by atoms with van der Waals surface area (Å²) in [5.41, 5.74) is 0.858. The predicted molar refractivity (Wildman–Crippen MR) is 106 cm³/mol. The molecule has 0 atom stereocenters. The van der Waals surface area contributed by atoms with Crippen molar-refractivity contribution in [2.24, 2.45) is 5.92 Å². The van der Waals surface area contributed by atoms with Gasteiger partial charge in [-0.1, -0.05) is 13.8 Å². The van der Waals surface area contributed by atoms with Gasteiger partial charge in [0.05, 0.1) is 5.56 Å². The fraction of sp³-hybridized carbons (Fsp3) is 0.600. The lowest BCUT2D eigenvalue weighted by molar-refractivity contribution is 0.193. The Labute approximate surface area is 165 Å². The van der Waals surface area contributed by atoms with Gasteiger partial charge in [0.15, 0.2) is 0 Å². The maximum atomic E-state index is 12.3. The molecule has 2 amide bonds. The Hall–Kier alpha value is -2.64. The highest BCUT2D eigenvalue weighted by Gasteiger charge is 2.30. The van der Waals surface area contributed by atoms with Gasteiger partial charge in [0, 0.05) is 44.8 Å². The molecule has 0 radical (unpaired) electrons. The van der Waals surface area contributed by atoms with Crippen molar-refractivity contribution < 1.29 is 9.21 Å². The summed E-state index contributed by atoms with van der Waals surface area (Å²) in [6.07, 6.45) is 5.03. The van der Waals surface area contributed by atoms with Gasteiger partial charge < -0.3 is 19.5 Å². The number of amides is 2. The summed E-state index contributed by atoms with van der Waals surface area (Å²) in [4.78, 5) is 21.0. The normalized spacial score (nSPS) is 17.2. The van der Waals surface area contributed by atoms with Gasteiger partial charge in [0.25, 0.3) is 5.89 Å². The number of pyridine rings is 1. The average Bonchev–Trinajstić information content (AvgIpc) is 3.44. The first kappa shape index (κ1) is 18.7. The molecule has 150 valence electrons. The third kappa shape index (κ3) is 4.26. The fourth-order valence-electron chi connectivity index (χ4n) is 3.36. The van der Waals surface area contributed by atoms with Crippen molar-refractivity contribution in [2.45, 2.75) is 39.0 Å². The molecule has 0 spiro atoms. The van der Waals surface area contributed by atoms with Crippen molar-refractivity contribution in [1.29, 1.82) is 0 Å². The van der Waals surface area contributed by atoms with E-state index in [0.717, 1.165) is 56.2 Å². The first-order valence-corrected chi connectivity index (χ1v) is 10.2. The zero-order valence-corrected chi connectivity index (χ0v) is 16.6. The Kier molecular flexibility index (Phi) is 5.45. The highest BCUT2D eigenvalue weighted by Crippen LogP contribution is 2.40. The molecular formula is C20H28N6O2. The zero-order valence-electron chi connectivity index (χ0n) is 16.6. The van der Waals surface area contributed by atoms with Crippen LogP contribution in [-0.4, -0.2) is 58.8 Å². The van der Waals surface area contributed by atoms with E-state index in [1.807, 2.05) is 17.0 Å². The molecule has 8 heteroatoms. The number of carbonyl (C=O) groups excluding carboxylic acids is 1. The van der Waals surface area contributed by atoms with Gasteiger partial charge >= 0.3 is 6.03 Å². The number of piperazine rings is 1. The molecule has 1 aliphatic heterocycles. The molecule has 2 aromatic rings.